The minimum absolute atomic E-state index is 0.00357. The van der Waals surface area contributed by atoms with E-state index in [0.717, 1.165) is 6.07 Å². The first-order valence-electron chi connectivity index (χ1n) is 12.9. The minimum atomic E-state index is -1.74. The van der Waals surface area contributed by atoms with Crippen molar-refractivity contribution in [1.82, 2.24) is 0 Å². The summed E-state index contributed by atoms with van der Waals surface area (Å²) in [6.07, 6.45) is -15.7. The Balaban J connectivity index is 1.53. The van der Waals surface area contributed by atoms with Gasteiger partial charge in [0.2, 0.25) is 18.3 Å². The smallest absolute Gasteiger partial charge is 0.402 e. The second-order valence-corrected chi connectivity index (χ2v) is 9.97. The van der Waals surface area contributed by atoms with Crippen LogP contribution in [0.1, 0.15) is 0 Å². The van der Waals surface area contributed by atoms with E-state index in [9.17, 15) is 51.1 Å². The second-order valence-electron chi connectivity index (χ2n) is 9.97. The van der Waals surface area contributed by atoms with Crippen LogP contribution in [-0.4, -0.2) is 126 Å². The van der Waals surface area contributed by atoms with Crippen molar-refractivity contribution in [3.05, 3.63) is 42.5 Å². The van der Waals surface area contributed by atoms with Gasteiger partial charge in [0.15, 0.2) is 0 Å². The first-order valence-corrected chi connectivity index (χ1v) is 12.9. The fourth-order valence-electron chi connectivity index (χ4n) is 4.73. The van der Waals surface area contributed by atoms with E-state index in [1.54, 1.807) is 0 Å². The summed E-state index contributed by atoms with van der Waals surface area (Å²) in [5.41, 5.74) is 0.368. The van der Waals surface area contributed by atoms with E-state index in [1.807, 2.05) is 0 Å². The quantitative estimate of drug-likeness (QED) is 0.135. The van der Waals surface area contributed by atoms with Crippen LogP contribution in [0.3, 0.4) is 0 Å². The van der Waals surface area contributed by atoms with Crippen LogP contribution in [0.2, 0.25) is 0 Å². The summed E-state index contributed by atoms with van der Waals surface area (Å²) < 4.78 is 28.3. The Hall–Kier alpha value is -3.35. The molecule has 2 aliphatic heterocycles. The van der Waals surface area contributed by atoms with Crippen molar-refractivity contribution < 1.29 is 74.4 Å². The van der Waals surface area contributed by atoms with Crippen LogP contribution in [0.15, 0.2) is 46.9 Å². The molecule has 3 aromatic rings. The molecule has 228 valence electrons. The van der Waals surface area contributed by atoms with Gasteiger partial charge in [0.1, 0.15) is 71.5 Å². The third-order valence-electron chi connectivity index (χ3n) is 7.13. The Morgan fingerprint density at radius 1 is 0.667 bits per heavy atom. The molecule has 0 amide bonds. The lowest BCUT2D eigenvalue weighted by Crippen LogP contribution is -2.60. The van der Waals surface area contributed by atoms with Gasteiger partial charge in [-0.3, -0.25) is 0 Å². The highest BCUT2D eigenvalue weighted by Gasteiger charge is 2.46. The number of hydrogen-bond donors (Lipinski definition) is 10. The summed E-state index contributed by atoms with van der Waals surface area (Å²) in [5.74, 6) is -0.651. The largest absolute Gasteiger partial charge is 0.508 e. The van der Waals surface area contributed by atoms with E-state index in [4.69, 9.17) is 23.4 Å². The summed E-state index contributed by atoms with van der Waals surface area (Å²) in [6, 6.07) is 9.47. The van der Waals surface area contributed by atoms with Crippen LogP contribution < -0.4 is 9.47 Å². The number of aromatic hydroxyl groups is 2. The van der Waals surface area contributed by atoms with Crippen molar-refractivity contribution in [2.24, 2.45) is 0 Å². The van der Waals surface area contributed by atoms with E-state index < -0.39 is 80.4 Å². The van der Waals surface area contributed by atoms with Crippen LogP contribution in [0.5, 0.6) is 23.0 Å². The Bertz CT molecular complexity index is 1380. The summed E-state index contributed by atoms with van der Waals surface area (Å²) in [6.45, 7) is -1.36. The van der Waals surface area contributed by atoms with Crippen molar-refractivity contribution >= 4 is 11.0 Å². The standard InChI is InChI=1S/C27H30O15/c28-8-17-19(32)21(34)23(36)26(41-17)38-12-5-14(31)13-7-16(40-27-24(37)22(35)20(33)18(9-29)42-27)25(39-15(13)6-12)10-1-3-11(30)4-2-10/h1-7,17-24,26-29,32-37H,8-9H2,(H-,30,31)/p+1/t17?,18?,19-,20-,21+,22+,23?,24?,26-,27-/m1/s1. The maximum Gasteiger partial charge on any atom is 0.402 e. The van der Waals surface area contributed by atoms with Crippen molar-refractivity contribution in [2.75, 3.05) is 13.2 Å². The van der Waals surface area contributed by atoms with Gasteiger partial charge in [-0.2, -0.15) is 0 Å². The Morgan fingerprint density at radius 3 is 1.76 bits per heavy atom. The number of aliphatic hydroxyl groups is 8. The molecule has 2 saturated heterocycles. The van der Waals surface area contributed by atoms with E-state index in [-0.39, 0.29) is 34.0 Å². The lowest BCUT2D eigenvalue weighted by atomic mass is 9.99. The number of fused-ring (bicyclic) bond motifs is 1. The monoisotopic (exact) mass is 595 g/mol. The maximum atomic E-state index is 10.8. The van der Waals surface area contributed by atoms with Crippen LogP contribution in [0, 0.1) is 0 Å². The molecule has 10 N–H and O–H groups in total. The van der Waals surface area contributed by atoms with Gasteiger partial charge in [-0.15, -0.1) is 0 Å². The molecular formula is C27H31O15+. The number of rotatable bonds is 7. The Labute approximate surface area is 237 Å². The van der Waals surface area contributed by atoms with Gasteiger partial charge < -0.3 is 70.0 Å². The number of phenolic OH excluding ortho intramolecular Hbond substituents is 2. The highest BCUT2D eigenvalue weighted by Crippen LogP contribution is 2.41. The van der Waals surface area contributed by atoms with Crippen molar-refractivity contribution in [3.8, 4) is 34.3 Å². The third-order valence-corrected chi connectivity index (χ3v) is 7.13. The first kappa shape index (κ1) is 30.1. The van der Waals surface area contributed by atoms with Gasteiger partial charge in [-0.25, -0.2) is 4.42 Å². The van der Waals surface area contributed by atoms with E-state index >= 15 is 0 Å². The van der Waals surface area contributed by atoms with Gasteiger partial charge in [0.05, 0.1) is 24.8 Å². The molecule has 0 radical (unpaired) electrons. The predicted molar refractivity (Wildman–Crippen MR) is 138 cm³/mol. The van der Waals surface area contributed by atoms with Gasteiger partial charge >= 0.3 is 11.3 Å². The van der Waals surface area contributed by atoms with E-state index in [2.05, 4.69) is 0 Å². The van der Waals surface area contributed by atoms with Crippen molar-refractivity contribution in [3.63, 3.8) is 0 Å². The number of phenols is 2. The van der Waals surface area contributed by atoms with Gasteiger partial charge in [0, 0.05) is 12.1 Å². The molecule has 4 unspecified atom stereocenters. The summed E-state index contributed by atoms with van der Waals surface area (Å²) in [7, 11) is 0. The average molecular weight is 596 g/mol. The van der Waals surface area contributed by atoms with Crippen LogP contribution >= 0.6 is 0 Å². The van der Waals surface area contributed by atoms with E-state index in [1.165, 1.54) is 36.4 Å². The Kier molecular flexibility index (Phi) is 8.68. The molecular weight excluding hydrogens is 564 g/mol. The molecule has 42 heavy (non-hydrogen) atoms. The van der Waals surface area contributed by atoms with Crippen molar-refractivity contribution in [2.45, 2.75) is 61.4 Å². The molecule has 3 heterocycles. The molecule has 5 rings (SSSR count). The van der Waals surface area contributed by atoms with Crippen LogP contribution in [0.25, 0.3) is 22.3 Å². The molecule has 0 spiro atoms. The third kappa shape index (κ3) is 5.67. The molecule has 10 atom stereocenters. The second kappa shape index (κ2) is 12.1. The molecule has 0 bridgehead atoms. The molecule has 2 aromatic carbocycles. The lowest BCUT2D eigenvalue weighted by molar-refractivity contribution is -0.277. The molecule has 1 aromatic heterocycles. The minimum Gasteiger partial charge on any atom is -0.508 e. The zero-order valence-corrected chi connectivity index (χ0v) is 21.7. The number of benzene rings is 2. The molecule has 0 saturated carbocycles. The first-order chi connectivity index (χ1) is 20.0. The summed E-state index contributed by atoms with van der Waals surface area (Å²) in [4.78, 5) is 0. The predicted octanol–water partition coefficient (Wildman–Crippen LogP) is -1.85. The summed E-state index contributed by atoms with van der Waals surface area (Å²) >= 11 is 0. The molecule has 2 fully saturated rings. The van der Waals surface area contributed by atoms with Gasteiger partial charge in [-0.05, 0) is 24.3 Å². The SMILES string of the molecule is OCC1O[C@@H](Oc2cc(O)c3cc(O[C@@H]4OC(CO)[C@@H](O)[C@H](O)C4O)c(-c4ccc(O)cc4)[o+]c3c2)C(O)[C@@H](O)[C@@H]1O. The highest BCUT2D eigenvalue weighted by atomic mass is 16.7. The number of aliphatic hydroxyl groups excluding tert-OH is 8. The fourth-order valence-corrected chi connectivity index (χ4v) is 4.73. The highest BCUT2D eigenvalue weighted by molar-refractivity contribution is 5.88. The van der Waals surface area contributed by atoms with E-state index in [0.29, 0.717) is 5.56 Å². The van der Waals surface area contributed by atoms with Crippen LogP contribution in [-0.2, 0) is 9.47 Å². The van der Waals surface area contributed by atoms with Gasteiger partial charge in [-0.1, -0.05) is 0 Å². The van der Waals surface area contributed by atoms with Crippen molar-refractivity contribution in [1.29, 1.82) is 0 Å². The zero-order chi connectivity index (χ0) is 30.3. The Morgan fingerprint density at radius 2 is 1.21 bits per heavy atom. The number of hydrogen-bond acceptors (Lipinski definition) is 14. The maximum absolute atomic E-state index is 10.8. The normalized spacial score (nSPS) is 33.4. The molecule has 2 aliphatic rings. The average Bonchev–Trinajstić information content (AvgIpc) is 2.98. The topological polar surface area (TPSA) is 251 Å². The molecule has 15 heteroatoms. The van der Waals surface area contributed by atoms with Gasteiger partial charge in [0.25, 0.3) is 0 Å². The van der Waals surface area contributed by atoms with Crippen LogP contribution in [0.4, 0.5) is 0 Å². The fraction of sp³-hybridized carbons (Fsp3) is 0.444. The number of ether oxygens (including phenoxy) is 4. The molecule has 0 aliphatic carbocycles. The lowest BCUT2D eigenvalue weighted by Gasteiger charge is -2.39. The molecule has 15 nitrogen and oxygen atoms in total. The summed E-state index contributed by atoms with van der Waals surface area (Å²) in [5, 5.41) is 101. The zero-order valence-electron chi connectivity index (χ0n) is 21.7.